The smallest absolute Gasteiger partial charge is 0.345 e. The summed E-state index contributed by atoms with van der Waals surface area (Å²) in [4.78, 5) is 26.3. The predicted octanol–water partition coefficient (Wildman–Crippen LogP) is 1.33. The van der Waals surface area contributed by atoms with E-state index in [1.54, 1.807) is 17.9 Å². The molecule has 1 aliphatic rings. The van der Waals surface area contributed by atoms with E-state index in [-0.39, 0.29) is 5.69 Å². The van der Waals surface area contributed by atoms with Crippen molar-refractivity contribution in [3.05, 3.63) is 34.9 Å². The maximum Gasteiger partial charge on any atom is 0.345 e. The maximum atomic E-state index is 12.0. The SMILES string of the molecule is CCn1c(CC2CCN(c3ncnc4[nH]ccc34)CC2)nn(C)c1=O. The van der Waals surface area contributed by atoms with Crippen LogP contribution in [0.15, 0.2) is 23.4 Å². The van der Waals surface area contributed by atoms with Crippen LogP contribution in [0.1, 0.15) is 25.6 Å². The molecule has 0 amide bonds. The molecule has 0 atom stereocenters. The van der Waals surface area contributed by atoms with Crippen LogP contribution in [0.5, 0.6) is 0 Å². The molecule has 0 bridgehead atoms. The van der Waals surface area contributed by atoms with Crippen LogP contribution in [0.4, 0.5) is 5.82 Å². The van der Waals surface area contributed by atoms with Crippen molar-refractivity contribution in [1.82, 2.24) is 29.3 Å². The van der Waals surface area contributed by atoms with E-state index in [1.165, 1.54) is 4.68 Å². The first-order chi connectivity index (χ1) is 12.2. The molecule has 0 saturated carbocycles. The number of aromatic amines is 1. The predicted molar refractivity (Wildman–Crippen MR) is 95.7 cm³/mol. The van der Waals surface area contributed by atoms with Gasteiger partial charge in [-0.25, -0.2) is 19.4 Å². The lowest BCUT2D eigenvalue weighted by atomic mass is 9.93. The zero-order valence-corrected chi connectivity index (χ0v) is 14.6. The number of anilines is 1. The van der Waals surface area contributed by atoms with Crippen molar-refractivity contribution in [2.24, 2.45) is 13.0 Å². The van der Waals surface area contributed by atoms with Crippen molar-refractivity contribution < 1.29 is 0 Å². The normalized spacial score (nSPS) is 16.0. The van der Waals surface area contributed by atoms with Crippen LogP contribution in [-0.2, 0) is 20.0 Å². The van der Waals surface area contributed by atoms with Crippen LogP contribution in [0, 0.1) is 5.92 Å². The topological polar surface area (TPSA) is 84.6 Å². The van der Waals surface area contributed by atoms with Gasteiger partial charge in [-0.05, 0) is 31.7 Å². The van der Waals surface area contributed by atoms with Crippen LogP contribution in [-0.4, -0.2) is 42.4 Å². The monoisotopic (exact) mass is 341 g/mol. The summed E-state index contributed by atoms with van der Waals surface area (Å²) in [6.45, 7) is 4.59. The largest absolute Gasteiger partial charge is 0.356 e. The summed E-state index contributed by atoms with van der Waals surface area (Å²) < 4.78 is 3.22. The number of nitrogens with one attached hydrogen (secondary N) is 1. The standard InChI is InChI=1S/C17H23N7O/c1-3-24-14(21-22(2)17(24)25)10-12-5-8-23(9-6-12)16-13-4-7-18-15(13)19-11-20-16/h4,7,11-12H,3,5-6,8-10H2,1-2H3,(H,18,19,20). The van der Waals surface area contributed by atoms with Crippen molar-refractivity contribution in [2.45, 2.75) is 32.7 Å². The molecule has 4 heterocycles. The molecule has 1 saturated heterocycles. The Morgan fingerprint density at radius 1 is 1.28 bits per heavy atom. The van der Waals surface area contributed by atoms with E-state index in [1.807, 2.05) is 19.2 Å². The molecule has 0 unspecified atom stereocenters. The summed E-state index contributed by atoms with van der Waals surface area (Å²) in [6, 6.07) is 2.03. The number of fused-ring (bicyclic) bond motifs is 1. The fraction of sp³-hybridized carbons (Fsp3) is 0.529. The molecule has 8 heteroatoms. The second-order valence-corrected chi connectivity index (χ2v) is 6.64. The molecule has 3 aromatic rings. The van der Waals surface area contributed by atoms with Crippen LogP contribution in [0.2, 0.25) is 0 Å². The fourth-order valence-electron chi connectivity index (χ4n) is 3.74. The van der Waals surface area contributed by atoms with Crippen LogP contribution in [0.3, 0.4) is 0 Å². The Morgan fingerprint density at radius 2 is 2.08 bits per heavy atom. The van der Waals surface area contributed by atoms with Gasteiger partial charge in [0.15, 0.2) is 0 Å². The molecular formula is C17H23N7O. The van der Waals surface area contributed by atoms with E-state index in [0.717, 1.165) is 55.0 Å². The Kier molecular flexibility index (Phi) is 4.03. The summed E-state index contributed by atoms with van der Waals surface area (Å²) in [5, 5.41) is 5.49. The number of H-pyrrole nitrogens is 1. The van der Waals surface area contributed by atoms with Crippen molar-refractivity contribution in [1.29, 1.82) is 0 Å². The van der Waals surface area contributed by atoms with E-state index in [4.69, 9.17) is 0 Å². The summed E-state index contributed by atoms with van der Waals surface area (Å²) >= 11 is 0. The molecule has 0 aromatic carbocycles. The lowest BCUT2D eigenvalue weighted by molar-refractivity contribution is 0.389. The Balaban J connectivity index is 1.46. The van der Waals surface area contributed by atoms with Gasteiger partial charge in [-0.15, -0.1) is 0 Å². The van der Waals surface area contributed by atoms with E-state index < -0.39 is 0 Å². The van der Waals surface area contributed by atoms with Crippen molar-refractivity contribution >= 4 is 16.9 Å². The van der Waals surface area contributed by atoms with Crippen LogP contribution >= 0.6 is 0 Å². The minimum absolute atomic E-state index is 0.0224. The number of hydrogen-bond acceptors (Lipinski definition) is 5. The van der Waals surface area contributed by atoms with Gasteiger partial charge in [-0.1, -0.05) is 0 Å². The number of hydrogen-bond donors (Lipinski definition) is 1. The van der Waals surface area contributed by atoms with Gasteiger partial charge in [0.1, 0.15) is 23.6 Å². The quantitative estimate of drug-likeness (QED) is 0.774. The second-order valence-electron chi connectivity index (χ2n) is 6.64. The van der Waals surface area contributed by atoms with Gasteiger partial charge in [0.2, 0.25) is 0 Å². The molecule has 0 aliphatic carbocycles. The Bertz CT molecular complexity index is 930. The number of aromatic nitrogens is 6. The van der Waals surface area contributed by atoms with Gasteiger partial charge < -0.3 is 9.88 Å². The number of piperidine rings is 1. The van der Waals surface area contributed by atoms with Crippen molar-refractivity contribution in [3.8, 4) is 0 Å². The van der Waals surface area contributed by atoms with Gasteiger partial charge in [0, 0.05) is 39.3 Å². The molecule has 1 fully saturated rings. The first-order valence-corrected chi connectivity index (χ1v) is 8.83. The highest BCUT2D eigenvalue weighted by Crippen LogP contribution is 2.28. The lowest BCUT2D eigenvalue weighted by Gasteiger charge is -2.32. The number of nitrogens with zero attached hydrogens (tertiary/aromatic N) is 6. The van der Waals surface area contributed by atoms with Crippen molar-refractivity contribution in [2.75, 3.05) is 18.0 Å². The Labute approximate surface area is 145 Å². The van der Waals surface area contributed by atoms with E-state index >= 15 is 0 Å². The molecule has 25 heavy (non-hydrogen) atoms. The minimum atomic E-state index is -0.0224. The average molecular weight is 341 g/mol. The summed E-state index contributed by atoms with van der Waals surface area (Å²) in [6.07, 6.45) is 6.53. The van der Waals surface area contributed by atoms with Gasteiger partial charge in [-0.2, -0.15) is 5.10 Å². The molecular weight excluding hydrogens is 318 g/mol. The highest BCUT2D eigenvalue weighted by molar-refractivity contribution is 5.87. The van der Waals surface area contributed by atoms with Gasteiger partial charge >= 0.3 is 5.69 Å². The zero-order valence-electron chi connectivity index (χ0n) is 14.6. The third kappa shape index (κ3) is 2.81. The van der Waals surface area contributed by atoms with Crippen LogP contribution in [0.25, 0.3) is 11.0 Å². The zero-order chi connectivity index (χ0) is 17.4. The fourth-order valence-corrected chi connectivity index (χ4v) is 3.74. The summed E-state index contributed by atoms with van der Waals surface area (Å²) in [7, 11) is 1.72. The third-order valence-corrected chi connectivity index (χ3v) is 5.12. The lowest BCUT2D eigenvalue weighted by Crippen LogP contribution is -2.35. The van der Waals surface area contributed by atoms with Gasteiger partial charge in [0.25, 0.3) is 0 Å². The molecule has 4 rings (SSSR count). The first kappa shape index (κ1) is 15.9. The number of rotatable bonds is 4. The highest BCUT2D eigenvalue weighted by atomic mass is 16.2. The second kappa shape index (κ2) is 6.34. The van der Waals surface area contributed by atoms with Gasteiger partial charge in [-0.3, -0.25) is 4.57 Å². The van der Waals surface area contributed by atoms with E-state index in [9.17, 15) is 4.79 Å². The molecule has 132 valence electrons. The molecule has 8 nitrogen and oxygen atoms in total. The molecule has 0 spiro atoms. The minimum Gasteiger partial charge on any atom is -0.356 e. The number of aryl methyl sites for hydroxylation is 1. The van der Waals surface area contributed by atoms with E-state index in [0.29, 0.717) is 12.5 Å². The first-order valence-electron chi connectivity index (χ1n) is 8.83. The molecule has 1 N–H and O–H groups in total. The van der Waals surface area contributed by atoms with Crippen LogP contribution < -0.4 is 10.6 Å². The average Bonchev–Trinajstić information content (AvgIpc) is 3.20. The molecule has 3 aromatic heterocycles. The van der Waals surface area contributed by atoms with Crippen molar-refractivity contribution in [3.63, 3.8) is 0 Å². The third-order valence-electron chi connectivity index (χ3n) is 5.12. The molecule has 0 radical (unpaired) electrons. The maximum absolute atomic E-state index is 12.0. The summed E-state index contributed by atoms with van der Waals surface area (Å²) in [5.41, 5.74) is 0.860. The Hall–Kier alpha value is -2.64. The van der Waals surface area contributed by atoms with E-state index in [2.05, 4.69) is 25.0 Å². The highest BCUT2D eigenvalue weighted by Gasteiger charge is 2.24. The Morgan fingerprint density at radius 3 is 2.84 bits per heavy atom. The molecule has 1 aliphatic heterocycles. The van der Waals surface area contributed by atoms with Gasteiger partial charge in [0.05, 0.1) is 5.39 Å². The summed E-state index contributed by atoms with van der Waals surface area (Å²) in [5.74, 6) is 2.46.